The predicted molar refractivity (Wildman–Crippen MR) is 82.4 cm³/mol. The maximum Gasteiger partial charge on any atom is 0.331 e. The minimum absolute atomic E-state index is 0.279. The molecule has 2 atom stereocenters. The summed E-state index contributed by atoms with van der Waals surface area (Å²) >= 11 is 0. The topological polar surface area (TPSA) is 71.1 Å². The Hall–Kier alpha value is -1.40. The van der Waals surface area contributed by atoms with Crippen LogP contribution in [0.25, 0.3) is 0 Å². The average Bonchev–Trinajstić information content (AvgIpc) is 2.42. The van der Waals surface area contributed by atoms with Crippen LogP contribution >= 0.6 is 0 Å². The number of ether oxygens (including phenoxy) is 4. The summed E-state index contributed by atoms with van der Waals surface area (Å²) in [6.45, 7) is 10.5. The molecule has 0 bridgehead atoms. The summed E-state index contributed by atoms with van der Waals surface area (Å²) in [5.41, 5.74) is -1.60. The lowest BCUT2D eigenvalue weighted by atomic mass is 10.0. The van der Waals surface area contributed by atoms with Gasteiger partial charge in [0.15, 0.2) is 0 Å². The largest absolute Gasteiger partial charge is 0.454 e. The van der Waals surface area contributed by atoms with E-state index < -0.39 is 23.1 Å². The summed E-state index contributed by atoms with van der Waals surface area (Å²) < 4.78 is 20.8. The lowest BCUT2D eigenvalue weighted by Crippen LogP contribution is -2.40. The monoisotopic (exact) mass is 316 g/mol. The second-order valence-electron chi connectivity index (χ2n) is 6.14. The van der Waals surface area contributed by atoms with Crippen molar-refractivity contribution in [2.75, 3.05) is 14.2 Å². The third-order valence-corrected chi connectivity index (χ3v) is 3.75. The molecule has 0 rings (SSSR count). The number of methoxy groups -OCH3 is 2. The Morgan fingerprint density at radius 3 is 1.27 bits per heavy atom. The molecule has 0 aliphatic rings. The first-order chi connectivity index (χ1) is 9.96. The van der Waals surface area contributed by atoms with Gasteiger partial charge in [-0.1, -0.05) is 0 Å². The van der Waals surface area contributed by atoms with Crippen molar-refractivity contribution in [3.63, 3.8) is 0 Å². The Morgan fingerprint density at radius 1 is 0.773 bits per heavy atom. The van der Waals surface area contributed by atoms with Crippen LogP contribution in [0.4, 0.5) is 0 Å². The number of hydrogen-bond donors (Lipinski definition) is 0. The summed E-state index contributed by atoms with van der Waals surface area (Å²) in [5.74, 6) is -1.27. The Kier molecular flexibility index (Phi) is 7.76. The molecule has 0 aromatic rings. The zero-order valence-electron chi connectivity index (χ0n) is 14.8. The Labute approximate surface area is 132 Å². The van der Waals surface area contributed by atoms with Crippen molar-refractivity contribution in [2.24, 2.45) is 0 Å². The SMILES string of the molecule is COC(C)C(C)(C)OC(=O)/C=C/C(=O)OC(C)(C)C(C)OC. The molecule has 0 spiro atoms. The van der Waals surface area contributed by atoms with E-state index in [4.69, 9.17) is 18.9 Å². The number of rotatable bonds is 8. The van der Waals surface area contributed by atoms with Gasteiger partial charge in [-0.2, -0.15) is 0 Å². The van der Waals surface area contributed by atoms with E-state index in [9.17, 15) is 9.59 Å². The van der Waals surface area contributed by atoms with Crippen LogP contribution in [0, 0.1) is 0 Å². The molecular weight excluding hydrogens is 288 g/mol. The van der Waals surface area contributed by atoms with Crippen molar-refractivity contribution < 1.29 is 28.5 Å². The van der Waals surface area contributed by atoms with Gasteiger partial charge in [0.05, 0.1) is 12.2 Å². The van der Waals surface area contributed by atoms with Crippen molar-refractivity contribution in [3.8, 4) is 0 Å². The molecule has 0 aromatic heterocycles. The molecule has 0 aliphatic heterocycles. The number of esters is 2. The molecule has 0 heterocycles. The first kappa shape index (κ1) is 20.6. The minimum Gasteiger partial charge on any atom is -0.454 e. The normalized spacial score (nSPS) is 15.5. The van der Waals surface area contributed by atoms with E-state index in [1.165, 1.54) is 14.2 Å². The molecular formula is C16H28O6. The molecule has 2 unspecified atom stereocenters. The Balaban J connectivity index is 4.60. The second-order valence-corrected chi connectivity index (χ2v) is 6.14. The van der Waals surface area contributed by atoms with Crippen LogP contribution in [-0.4, -0.2) is 49.6 Å². The van der Waals surface area contributed by atoms with E-state index in [2.05, 4.69) is 0 Å². The Morgan fingerprint density at radius 2 is 1.05 bits per heavy atom. The van der Waals surface area contributed by atoms with E-state index in [0.717, 1.165) is 12.2 Å². The van der Waals surface area contributed by atoms with Gasteiger partial charge in [0.25, 0.3) is 0 Å². The molecule has 0 aliphatic carbocycles. The van der Waals surface area contributed by atoms with Crippen LogP contribution in [0.15, 0.2) is 12.2 Å². The van der Waals surface area contributed by atoms with Crippen LogP contribution in [0.2, 0.25) is 0 Å². The highest BCUT2D eigenvalue weighted by Gasteiger charge is 2.31. The molecule has 0 N–H and O–H groups in total. The fourth-order valence-electron chi connectivity index (χ4n) is 1.46. The quantitative estimate of drug-likeness (QED) is 0.505. The summed E-state index contributed by atoms with van der Waals surface area (Å²) in [4.78, 5) is 23.5. The first-order valence-corrected chi connectivity index (χ1v) is 7.16. The van der Waals surface area contributed by atoms with Gasteiger partial charge >= 0.3 is 11.9 Å². The molecule has 0 saturated carbocycles. The van der Waals surface area contributed by atoms with Crippen LogP contribution in [0.5, 0.6) is 0 Å². The zero-order valence-corrected chi connectivity index (χ0v) is 14.8. The van der Waals surface area contributed by atoms with Crippen LogP contribution in [-0.2, 0) is 28.5 Å². The highest BCUT2D eigenvalue weighted by Crippen LogP contribution is 2.19. The van der Waals surface area contributed by atoms with Gasteiger partial charge in [-0.05, 0) is 41.5 Å². The fraction of sp³-hybridized carbons (Fsp3) is 0.750. The van der Waals surface area contributed by atoms with Crippen molar-refractivity contribution in [1.82, 2.24) is 0 Å². The molecule has 6 nitrogen and oxygen atoms in total. The first-order valence-electron chi connectivity index (χ1n) is 7.16. The zero-order chi connectivity index (χ0) is 17.6. The average molecular weight is 316 g/mol. The van der Waals surface area contributed by atoms with Gasteiger partial charge in [-0.25, -0.2) is 9.59 Å². The van der Waals surface area contributed by atoms with Crippen LogP contribution in [0.3, 0.4) is 0 Å². The van der Waals surface area contributed by atoms with Gasteiger partial charge in [-0.3, -0.25) is 0 Å². The lowest BCUT2D eigenvalue weighted by molar-refractivity contribution is -0.165. The van der Waals surface area contributed by atoms with E-state index in [-0.39, 0.29) is 12.2 Å². The van der Waals surface area contributed by atoms with E-state index in [1.54, 1.807) is 41.5 Å². The number of hydrogen-bond acceptors (Lipinski definition) is 6. The molecule has 0 amide bonds. The fourth-order valence-corrected chi connectivity index (χ4v) is 1.46. The maximum absolute atomic E-state index is 11.7. The van der Waals surface area contributed by atoms with Crippen molar-refractivity contribution >= 4 is 11.9 Å². The molecule has 0 fully saturated rings. The van der Waals surface area contributed by atoms with Gasteiger partial charge in [0, 0.05) is 26.4 Å². The van der Waals surface area contributed by atoms with Crippen molar-refractivity contribution in [2.45, 2.75) is 65.0 Å². The maximum atomic E-state index is 11.7. The van der Waals surface area contributed by atoms with Gasteiger partial charge in [0.2, 0.25) is 0 Å². The van der Waals surface area contributed by atoms with Crippen LogP contribution in [0.1, 0.15) is 41.5 Å². The molecule has 6 heteroatoms. The third-order valence-electron chi connectivity index (χ3n) is 3.75. The van der Waals surface area contributed by atoms with Crippen LogP contribution < -0.4 is 0 Å². The van der Waals surface area contributed by atoms with Crippen molar-refractivity contribution in [1.29, 1.82) is 0 Å². The highest BCUT2D eigenvalue weighted by molar-refractivity contribution is 5.92. The standard InChI is InChI=1S/C16H28O6/c1-11(19-7)15(3,4)21-13(17)9-10-14(18)22-16(5,6)12(2)20-8/h9-12H,1-8H3/b10-9+. The summed E-state index contributed by atoms with van der Waals surface area (Å²) in [7, 11) is 3.07. The molecule has 0 saturated heterocycles. The molecule has 128 valence electrons. The number of carbonyl (C=O) groups excluding carboxylic acids is 2. The highest BCUT2D eigenvalue weighted by atomic mass is 16.6. The molecule has 0 aromatic carbocycles. The summed E-state index contributed by atoms with van der Waals surface area (Å²) in [5, 5.41) is 0. The molecule has 0 radical (unpaired) electrons. The molecule has 22 heavy (non-hydrogen) atoms. The Bertz CT molecular complexity index is 373. The van der Waals surface area contributed by atoms with Gasteiger partial charge in [-0.15, -0.1) is 0 Å². The minimum atomic E-state index is -0.802. The lowest BCUT2D eigenvalue weighted by Gasteiger charge is -2.30. The van der Waals surface area contributed by atoms with E-state index in [0.29, 0.717) is 0 Å². The van der Waals surface area contributed by atoms with E-state index in [1.807, 2.05) is 0 Å². The van der Waals surface area contributed by atoms with Crippen molar-refractivity contribution in [3.05, 3.63) is 12.2 Å². The van der Waals surface area contributed by atoms with E-state index >= 15 is 0 Å². The third kappa shape index (κ3) is 6.58. The van der Waals surface area contributed by atoms with Gasteiger partial charge < -0.3 is 18.9 Å². The number of carbonyl (C=O) groups is 2. The second kappa shape index (κ2) is 8.29. The summed E-state index contributed by atoms with van der Waals surface area (Å²) in [6, 6.07) is 0. The van der Waals surface area contributed by atoms with Gasteiger partial charge in [0.1, 0.15) is 11.2 Å². The smallest absolute Gasteiger partial charge is 0.331 e. The summed E-state index contributed by atoms with van der Waals surface area (Å²) in [6.07, 6.45) is 1.52. The predicted octanol–water partition coefficient (Wildman–Crippen LogP) is 2.26.